The Morgan fingerprint density at radius 3 is 2.42 bits per heavy atom. The molecular weight excluding hydrogens is 230 g/mol. The smallest absolute Gasteiger partial charge is 0.0526 e. The lowest BCUT2D eigenvalue weighted by atomic mass is 9.93. The molecule has 0 bridgehead atoms. The van der Waals surface area contributed by atoms with Crippen molar-refractivity contribution in [3.05, 3.63) is 47.5 Å². The van der Waals surface area contributed by atoms with Crippen molar-refractivity contribution in [2.45, 2.75) is 33.1 Å². The summed E-state index contributed by atoms with van der Waals surface area (Å²) in [5.74, 6) is 0.557. The van der Waals surface area contributed by atoms with Crippen molar-refractivity contribution in [1.29, 1.82) is 0 Å². The molecule has 0 fully saturated rings. The second kappa shape index (κ2) is 4.41. The van der Waals surface area contributed by atoms with Gasteiger partial charge >= 0.3 is 0 Å². The van der Waals surface area contributed by atoms with Crippen molar-refractivity contribution >= 4 is 21.8 Å². The van der Waals surface area contributed by atoms with Crippen LogP contribution in [0.15, 0.2) is 36.4 Å². The molecular formula is C18H21N. The van der Waals surface area contributed by atoms with Crippen molar-refractivity contribution in [3.63, 3.8) is 0 Å². The molecule has 19 heavy (non-hydrogen) atoms. The topological polar surface area (TPSA) is 4.93 Å². The van der Waals surface area contributed by atoms with Gasteiger partial charge < -0.3 is 4.57 Å². The fraction of sp³-hybridized carbons (Fsp3) is 0.333. The Morgan fingerprint density at radius 2 is 1.74 bits per heavy atom. The molecule has 98 valence electrons. The number of hydrogen-bond donors (Lipinski definition) is 0. The molecule has 0 amide bonds. The van der Waals surface area contributed by atoms with Crippen molar-refractivity contribution in [1.82, 2.24) is 4.57 Å². The summed E-state index contributed by atoms with van der Waals surface area (Å²) in [7, 11) is 2.19. The van der Waals surface area contributed by atoms with E-state index in [-0.39, 0.29) is 0 Å². The van der Waals surface area contributed by atoms with Crippen molar-refractivity contribution in [3.8, 4) is 0 Å². The maximum Gasteiger partial charge on any atom is 0.0526 e. The highest BCUT2D eigenvalue weighted by atomic mass is 14.9. The minimum absolute atomic E-state index is 0.557. The van der Waals surface area contributed by atoms with Gasteiger partial charge in [0.1, 0.15) is 0 Å². The van der Waals surface area contributed by atoms with Gasteiger partial charge in [-0.15, -0.1) is 0 Å². The van der Waals surface area contributed by atoms with Gasteiger partial charge in [0.15, 0.2) is 0 Å². The van der Waals surface area contributed by atoms with Crippen molar-refractivity contribution in [2.24, 2.45) is 7.05 Å². The quantitative estimate of drug-likeness (QED) is 0.603. The van der Waals surface area contributed by atoms with Crippen LogP contribution >= 0.6 is 0 Å². The van der Waals surface area contributed by atoms with Crippen molar-refractivity contribution < 1.29 is 0 Å². The lowest BCUT2D eigenvalue weighted by Crippen LogP contribution is -2.00. The van der Waals surface area contributed by atoms with Crippen LogP contribution in [0.25, 0.3) is 21.8 Å². The first-order valence-electron chi connectivity index (χ1n) is 7.14. The molecule has 1 aromatic heterocycles. The number of aromatic nitrogens is 1. The highest BCUT2D eigenvalue weighted by Gasteiger charge is 2.16. The highest BCUT2D eigenvalue weighted by Crippen LogP contribution is 2.35. The van der Waals surface area contributed by atoms with Crippen LogP contribution in [0.3, 0.4) is 0 Å². The summed E-state index contributed by atoms with van der Waals surface area (Å²) in [4.78, 5) is 0. The zero-order valence-electron chi connectivity index (χ0n) is 12.2. The molecule has 1 heteroatoms. The van der Waals surface area contributed by atoms with Crippen LogP contribution in [0, 0.1) is 0 Å². The van der Waals surface area contributed by atoms with Gasteiger partial charge in [-0.3, -0.25) is 0 Å². The maximum absolute atomic E-state index is 2.36. The molecule has 0 unspecified atom stereocenters. The van der Waals surface area contributed by atoms with Gasteiger partial charge in [-0.1, -0.05) is 51.1 Å². The average molecular weight is 251 g/mol. The van der Waals surface area contributed by atoms with Crippen LogP contribution in [-0.2, 0) is 13.5 Å². The van der Waals surface area contributed by atoms with E-state index < -0.39 is 0 Å². The largest absolute Gasteiger partial charge is 0.343 e. The zero-order valence-corrected chi connectivity index (χ0v) is 12.2. The Kier molecular flexibility index (Phi) is 2.85. The minimum atomic E-state index is 0.557. The number of fused-ring (bicyclic) bond motifs is 3. The molecule has 1 nitrogen and oxygen atoms in total. The molecule has 0 aliphatic heterocycles. The Balaban J connectivity index is 2.55. The summed E-state index contributed by atoms with van der Waals surface area (Å²) >= 11 is 0. The van der Waals surface area contributed by atoms with Crippen LogP contribution in [0.4, 0.5) is 0 Å². The Bertz CT molecular complexity index is 747. The van der Waals surface area contributed by atoms with Crippen LogP contribution in [0.5, 0.6) is 0 Å². The van der Waals surface area contributed by atoms with Gasteiger partial charge in [-0.2, -0.15) is 0 Å². The summed E-state index contributed by atoms with van der Waals surface area (Å²) in [5, 5.41) is 2.75. The molecule has 0 aliphatic carbocycles. The van der Waals surface area contributed by atoms with E-state index >= 15 is 0 Å². The first-order valence-corrected chi connectivity index (χ1v) is 7.14. The van der Waals surface area contributed by atoms with Crippen LogP contribution in [0.1, 0.15) is 37.8 Å². The molecule has 0 spiro atoms. The lowest BCUT2D eigenvalue weighted by Gasteiger charge is -2.15. The summed E-state index contributed by atoms with van der Waals surface area (Å²) in [6.45, 7) is 6.84. The molecule has 3 aromatic rings. The summed E-state index contributed by atoms with van der Waals surface area (Å²) in [6, 6.07) is 13.3. The third-order valence-electron chi connectivity index (χ3n) is 4.16. The van der Waals surface area contributed by atoms with E-state index in [0.29, 0.717) is 5.92 Å². The predicted molar refractivity (Wildman–Crippen MR) is 83.9 cm³/mol. The van der Waals surface area contributed by atoms with Gasteiger partial charge in [0, 0.05) is 23.3 Å². The molecule has 2 aromatic carbocycles. The second-order valence-electron chi connectivity index (χ2n) is 5.62. The first kappa shape index (κ1) is 12.3. The van der Waals surface area contributed by atoms with Crippen LogP contribution in [-0.4, -0.2) is 4.57 Å². The molecule has 0 N–H and O–H groups in total. The Morgan fingerprint density at radius 1 is 1.00 bits per heavy atom. The maximum atomic E-state index is 2.36. The van der Waals surface area contributed by atoms with E-state index in [0.717, 1.165) is 6.42 Å². The number of benzene rings is 2. The monoisotopic (exact) mass is 251 g/mol. The summed E-state index contributed by atoms with van der Waals surface area (Å²) in [6.07, 6.45) is 1.10. The van der Waals surface area contributed by atoms with Gasteiger partial charge in [0.25, 0.3) is 0 Å². The number of para-hydroxylation sites is 1. The SMILES string of the molecule is CCc1ccc2c3ccccc3n(C)c2c1C(C)C. The standard InChI is InChI=1S/C18H21N/c1-5-13-10-11-15-14-8-6-7-9-16(14)19(4)18(15)17(13)12(2)3/h6-12H,5H2,1-4H3. The minimum Gasteiger partial charge on any atom is -0.343 e. The fourth-order valence-corrected chi connectivity index (χ4v) is 3.30. The van der Waals surface area contributed by atoms with E-state index in [1.807, 2.05) is 0 Å². The number of hydrogen-bond acceptors (Lipinski definition) is 0. The average Bonchev–Trinajstić information content (AvgIpc) is 2.72. The molecule has 0 aliphatic rings. The van der Waals surface area contributed by atoms with Crippen molar-refractivity contribution in [2.75, 3.05) is 0 Å². The first-order chi connectivity index (χ1) is 9.15. The molecule has 0 saturated carbocycles. The third-order valence-corrected chi connectivity index (χ3v) is 4.16. The van der Waals surface area contributed by atoms with E-state index in [4.69, 9.17) is 0 Å². The van der Waals surface area contributed by atoms with E-state index in [1.54, 1.807) is 0 Å². The highest BCUT2D eigenvalue weighted by molar-refractivity contribution is 6.09. The zero-order chi connectivity index (χ0) is 13.6. The Labute approximate surface area is 114 Å². The Hall–Kier alpha value is -1.76. The molecule has 3 rings (SSSR count). The van der Waals surface area contributed by atoms with Gasteiger partial charge in [-0.25, -0.2) is 0 Å². The second-order valence-corrected chi connectivity index (χ2v) is 5.62. The fourth-order valence-electron chi connectivity index (χ4n) is 3.30. The summed E-state index contributed by atoms with van der Waals surface area (Å²) in [5.41, 5.74) is 5.73. The predicted octanol–water partition coefficient (Wildman–Crippen LogP) is 5.02. The van der Waals surface area contributed by atoms with Gasteiger partial charge in [0.05, 0.1) is 5.52 Å². The van der Waals surface area contributed by atoms with E-state index in [2.05, 4.69) is 68.8 Å². The van der Waals surface area contributed by atoms with Gasteiger partial charge in [-0.05, 0) is 29.5 Å². The molecule has 1 heterocycles. The molecule has 0 radical (unpaired) electrons. The summed E-state index contributed by atoms with van der Waals surface area (Å²) < 4.78 is 2.36. The van der Waals surface area contributed by atoms with Crippen LogP contribution < -0.4 is 0 Å². The molecule has 0 atom stereocenters. The lowest BCUT2D eigenvalue weighted by molar-refractivity contribution is 0.841. The number of nitrogens with zero attached hydrogens (tertiary/aromatic N) is 1. The number of aryl methyl sites for hydroxylation is 2. The number of rotatable bonds is 2. The normalized spacial score (nSPS) is 11.8. The van der Waals surface area contributed by atoms with E-state index in [9.17, 15) is 0 Å². The van der Waals surface area contributed by atoms with E-state index in [1.165, 1.54) is 32.9 Å². The van der Waals surface area contributed by atoms with Gasteiger partial charge in [0.2, 0.25) is 0 Å². The third kappa shape index (κ3) is 1.68. The molecule has 0 saturated heterocycles. The van der Waals surface area contributed by atoms with Crippen LogP contribution in [0.2, 0.25) is 0 Å².